The highest BCUT2D eigenvalue weighted by atomic mass is 19.1. The molecular formula is C17H17FN2O. The lowest BCUT2D eigenvalue weighted by atomic mass is 10.0. The summed E-state index contributed by atoms with van der Waals surface area (Å²) in [5, 5.41) is 4.04. The van der Waals surface area contributed by atoms with Crippen LogP contribution in [0.4, 0.5) is 4.39 Å². The van der Waals surface area contributed by atoms with E-state index in [4.69, 9.17) is 4.42 Å². The van der Waals surface area contributed by atoms with Crippen molar-refractivity contribution >= 4 is 11.0 Å². The summed E-state index contributed by atoms with van der Waals surface area (Å²) in [7, 11) is 1.89. The van der Waals surface area contributed by atoms with Gasteiger partial charge in [0.05, 0.1) is 6.04 Å². The average molecular weight is 284 g/mol. The molecule has 0 aliphatic carbocycles. The lowest BCUT2D eigenvalue weighted by Gasteiger charge is -2.13. The Labute approximate surface area is 122 Å². The van der Waals surface area contributed by atoms with Gasteiger partial charge in [0.15, 0.2) is 11.4 Å². The van der Waals surface area contributed by atoms with E-state index < -0.39 is 0 Å². The van der Waals surface area contributed by atoms with Crippen molar-refractivity contribution in [2.75, 3.05) is 7.05 Å². The first kappa shape index (κ1) is 13.8. The number of fused-ring (bicyclic) bond motifs is 1. The molecule has 2 aromatic heterocycles. The topological polar surface area (TPSA) is 38.1 Å². The molecule has 3 aromatic rings. The van der Waals surface area contributed by atoms with Crippen molar-refractivity contribution < 1.29 is 8.81 Å². The van der Waals surface area contributed by atoms with Gasteiger partial charge in [-0.3, -0.25) is 4.98 Å². The molecule has 0 amide bonds. The van der Waals surface area contributed by atoms with Crippen molar-refractivity contribution in [3.05, 3.63) is 65.9 Å². The van der Waals surface area contributed by atoms with Gasteiger partial charge < -0.3 is 9.73 Å². The molecule has 1 unspecified atom stereocenters. The van der Waals surface area contributed by atoms with E-state index in [1.807, 2.05) is 31.3 Å². The molecule has 0 saturated heterocycles. The predicted molar refractivity (Wildman–Crippen MR) is 80.5 cm³/mol. The van der Waals surface area contributed by atoms with E-state index in [9.17, 15) is 4.39 Å². The monoisotopic (exact) mass is 284 g/mol. The summed E-state index contributed by atoms with van der Waals surface area (Å²) in [5.41, 5.74) is 1.56. The zero-order valence-electron chi connectivity index (χ0n) is 11.8. The highest BCUT2D eigenvalue weighted by molar-refractivity contribution is 5.78. The van der Waals surface area contributed by atoms with Crippen molar-refractivity contribution in [3.8, 4) is 0 Å². The summed E-state index contributed by atoms with van der Waals surface area (Å²) in [4.78, 5) is 4.01. The van der Waals surface area contributed by atoms with Crippen LogP contribution < -0.4 is 5.32 Å². The van der Waals surface area contributed by atoms with Gasteiger partial charge in [0.25, 0.3) is 0 Å². The van der Waals surface area contributed by atoms with Gasteiger partial charge in [-0.15, -0.1) is 0 Å². The maximum absolute atomic E-state index is 13.7. The molecule has 108 valence electrons. The van der Waals surface area contributed by atoms with E-state index in [-0.39, 0.29) is 11.9 Å². The smallest absolute Gasteiger partial charge is 0.169 e. The fourth-order valence-corrected chi connectivity index (χ4v) is 2.51. The standard InChI is InChI=1S/C17H17FN2O/c1-19-15(6-5-12-7-9-20-10-8-12)16-11-13-3-2-4-14(18)17(13)21-16/h2-4,7-11,15,19H,5-6H2,1H3. The van der Waals surface area contributed by atoms with Crippen molar-refractivity contribution in [2.24, 2.45) is 0 Å². The number of halogens is 1. The second-order valence-corrected chi connectivity index (χ2v) is 5.04. The Morgan fingerprint density at radius 3 is 2.76 bits per heavy atom. The Balaban J connectivity index is 1.80. The van der Waals surface area contributed by atoms with E-state index in [0.29, 0.717) is 5.58 Å². The number of aryl methyl sites for hydroxylation is 1. The van der Waals surface area contributed by atoms with Crippen LogP contribution in [0.15, 0.2) is 53.2 Å². The van der Waals surface area contributed by atoms with E-state index in [2.05, 4.69) is 10.3 Å². The Bertz CT molecular complexity index is 724. The summed E-state index contributed by atoms with van der Waals surface area (Å²) in [6, 6.07) is 11.0. The number of hydrogen-bond donors (Lipinski definition) is 1. The Kier molecular flexibility index (Phi) is 3.97. The fraction of sp³-hybridized carbons (Fsp3) is 0.235. The zero-order valence-corrected chi connectivity index (χ0v) is 11.8. The molecule has 0 bridgehead atoms. The average Bonchev–Trinajstić information content (AvgIpc) is 2.94. The summed E-state index contributed by atoms with van der Waals surface area (Å²) >= 11 is 0. The molecule has 0 fully saturated rings. The van der Waals surface area contributed by atoms with Gasteiger partial charge in [-0.1, -0.05) is 12.1 Å². The molecular weight excluding hydrogens is 267 g/mol. The Morgan fingerprint density at radius 2 is 2.05 bits per heavy atom. The highest BCUT2D eigenvalue weighted by Crippen LogP contribution is 2.28. The van der Waals surface area contributed by atoms with Gasteiger partial charge in [0, 0.05) is 17.8 Å². The molecule has 1 atom stereocenters. The molecule has 21 heavy (non-hydrogen) atoms. The van der Waals surface area contributed by atoms with Gasteiger partial charge in [-0.25, -0.2) is 4.39 Å². The minimum Gasteiger partial charge on any atom is -0.456 e. The summed E-state index contributed by atoms with van der Waals surface area (Å²) in [5.74, 6) is 0.453. The molecule has 0 saturated carbocycles. The van der Waals surface area contributed by atoms with E-state index in [0.717, 1.165) is 24.0 Å². The number of nitrogens with zero attached hydrogens (tertiary/aromatic N) is 1. The van der Waals surface area contributed by atoms with Crippen molar-refractivity contribution in [1.29, 1.82) is 0 Å². The quantitative estimate of drug-likeness (QED) is 0.773. The predicted octanol–water partition coefficient (Wildman–Crippen LogP) is 3.86. The molecule has 1 N–H and O–H groups in total. The summed E-state index contributed by atoms with van der Waals surface area (Å²) in [6.07, 6.45) is 5.37. The first-order valence-corrected chi connectivity index (χ1v) is 7.02. The third-order valence-electron chi connectivity index (χ3n) is 3.68. The molecule has 3 rings (SSSR count). The van der Waals surface area contributed by atoms with Gasteiger partial charge >= 0.3 is 0 Å². The van der Waals surface area contributed by atoms with Crippen LogP contribution in [0.1, 0.15) is 23.8 Å². The number of furan rings is 1. The van der Waals surface area contributed by atoms with E-state index in [1.165, 1.54) is 11.6 Å². The van der Waals surface area contributed by atoms with Crippen molar-refractivity contribution in [2.45, 2.75) is 18.9 Å². The zero-order chi connectivity index (χ0) is 14.7. The first-order chi connectivity index (χ1) is 10.3. The maximum Gasteiger partial charge on any atom is 0.169 e. The molecule has 3 nitrogen and oxygen atoms in total. The lowest BCUT2D eigenvalue weighted by Crippen LogP contribution is -2.16. The highest BCUT2D eigenvalue weighted by Gasteiger charge is 2.16. The number of benzene rings is 1. The summed E-state index contributed by atoms with van der Waals surface area (Å²) < 4.78 is 19.4. The minimum atomic E-state index is -0.317. The molecule has 2 heterocycles. The second-order valence-electron chi connectivity index (χ2n) is 5.04. The van der Waals surface area contributed by atoms with Gasteiger partial charge in [0.1, 0.15) is 5.76 Å². The summed E-state index contributed by atoms with van der Waals surface area (Å²) in [6.45, 7) is 0. The van der Waals surface area contributed by atoms with Crippen LogP contribution in [0.5, 0.6) is 0 Å². The number of nitrogens with one attached hydrogen (secondary N) is 1. The third-order valence-corrected chi connectivity index (χ3v) is 3.68. The SMILES string of the molecule is CNC(CCc1ccncc1)c1cc2cccc(F)c2o1. The third kappa shape index (κ3) is 2.95. The first-order valence-electron chi connectivity index (χ1n) is 7.02. The van der Waals surface area contributed by atoms with Gasteiger partial charge in [-0.05, 0) is 49.7 Å². The normalized spacial score (nSPS) is 12.7. The lowest BCUT2D eigenvalue weighted by molar-refractivity contribution is 0.426. The molecule has 0 aliphatic rings. The van der Waals surface area contributed by atoms with E-state index in [1.54, 1.807) is 18.5 Å². The number of hydrogen-bond acceptors (Lipinski definition) is 3. The number of pyridine rings is 1. The number of aromatic nitrogens is 1. The fourth-order valence-electron chi connectivity index (χ4n) is 2.51. The van der Waals surface area contributed by atoms with Crippen LogP contribution in [0.3, 0.4) is 0 Å². The van der Waals surface area contributed by atoms with E-state index >= 15 is 0 Å². The van der Waals surface area contributed by atoms with Crippen LogP contribution in [0.2, 0.25) is 0 Å². The van der Waals surface area contributed by atoms with Crippen molar-refractivity contribution in [1.82, 2.24) is 10.3 Å². The largest absolute Gasteiger partial charge is 0.456 e. The molecule has 4 heteroatoms. The minimum absolute atomic E-state index is 0.0602. The van der Waals surface area contributed by atoms with Crippen LogP contribution in [-0.2, 0) is 6.42 Å². The Hall–Kier alpha value is -2.20. The van der Waals surface area contributed by atoms with Crippen LogP contribution in [0.25, 0.3) is 11.0 Å². The van der Waals surface area contributed by atoms with Crippen LogP contribution >= 0.6 is 0 Å². The van der Waals surface area contributed by atoms with Crippen LogP contribution in [-0.4, -0.2) is 12.0 Å². The number of rotatable bonds is 5. The van der Waals surface area contributed by atoms with Crippen molar-refractivity contribution in [3.63, 3.8) is 0 Å². The number of para-hydroxylation sites is 1. The second kappa shape index (κ2) is 6.06. The van der Waals surface area contributed by atoms with Gasteiger partial charge in [-0.2, -0.15) is 0 Å². The molecule has 0 aliphatic heterocycles. The molecule has 0 spiro atoms. The van der Waals surface area contributed by atoms with Gasteiger partial charge in [0.2, 0.25) is 0 Å². The molecule has 1 aromatic carbocycles. The Morgan fingerprint density at radius 1 is 1.24 bits per heavy atom. The van der Waals surface area contributed by atoms with Crippen LogP contribution in [0, 0.1) is 5.82 Å². The molecule has 0 radical (unpaired) electrons. The maximum atomic E-state index is 13.7.